The van der Waals surface area contributed by atoms with E-state index in [9.17, 15) is 8.42 Å². The van der Waals surface area contributed by atoms with E-state index in [0.717, 1.165) is 32.0 Å². The Kier molecular flexibility index (Phi) is 7.17. The van der Waals surface area contributed by atoms with Crippen LogP contribution in [0.25, 0.3) is 0 Å². The molecule has 0 amide bonds. The molecule has 0 aliphatic carbocycles. The highest BCUT2D eigenvalue weighted by atomic mass is 35.5. The molecule has 0 saturated carbocycles. The Morgan fingerprint density at radius 2 is 1.96 bits per heavy atom. The zero-order chi connectivity index (χ0) is 16.9. The van der Waals surface area contributed by atoms with Crippen LogP contribution in [0.15, 0.2) is 18.2 Å². The van der Waals surface area contributed by atoms with Gasteiger partial charge in [0.25, 0.3) is 0 Å². The molecule has 1 aliphatic rings. The van der Waals surface area contributed by atoms with Crippen molar-refractivity contribution in [3.8, 4) is 0 Å². The molecule has 1 saturated heterocycles. The van der Waals surface area contributed by atoms with Crippen LogP contribution in [-0.4, -0.2) is 39.5 Å². The number of likely N-dealkylation sites (tertiary alicyclic amines) is 1. The number of benzene rings is 1. The summed E-state index contributed by atoms with van der Waals surface area (Å²) in [6.45, 7) is 5.92. The Bertz CT molecular complexity index is 615. The lowest BCUT2D eigenvalue weighted by Crippen LogP contribution is -2.35. The van der Waals surface area contributed by atoms with Gasteiger partial charge in [-0.3, -0.25) is 0 Å². The minimum absolute atomic E-state index is 0.121. The van der Waals surface area contributed by atoms with Crippen molar-refractivity contribution in [3.05, 3.63) is 33.8 Å². The number of piperidine rings is 1. The van der Waals surface area contributed by atoms with E-state index in [2.05, 4.69) is 16.5 Å². The number of hydrogen-bond donors (Lipinski definition) is 1. The van der Waals surface area contributed by atoms with Gasteiger partial charge in [-0.1, -0.05) is 36.2 Å². The summed E-state index contributed by atoms with van der Waals surface area (Å²) < 4.78 is 26.9. The van der Waals surface area contributed by atoms with E-state index in [4.69, 9.17) is 23.2 Å². The van der Waals surface area contributed by atoms with E-state index in [-0.39, 0.29) is 5.75 Å². The predicted molar refractivity (Wildman–Crippen MR) is 96.5 cm³/mol. The molecule has 7 heteroatoms. The van der Waals surface area contributed by atoms with E-state index in [1.807, 2.05) is 0 Å². The van der Waals surface area contributed by atoms with Gasteiger partial charge in [0.1, 0.15) is 0 Å². The third kappa shape index (κ3) is 6.59. The Hall–Kier alpha value is -0.330. The summed E-state index contributed by atoms with van der Waals surface area (Å²) in [4.78, 5) is 2.41. The maximum atomic E-state index is 12.1. The maximum Gasteiger partial charge on any atom is 0.215 e. The Balaban J connectivity index is 1.73. The first-order valence-corrected chi connectivity index (χ1v) is 10.4. The van der Waals surface area contributed by atoms with Crippen molar-refractivity contribution >= 4 is 33.2 Å². The number of halogens is 2. The summed E-state index contributed by atoms with van der Waals surface area (Å²) in [6.07, 6.45) is 3.30. The second kappa shape index (κ2) is 8.67. The first-order valence-electron chi connectivity index (χ1n) is 7.99. The van der Waals surface area contributed by atoms with Crippen LogP contribution < -0.4 is 4.72 Å². The van der Waals surface area contributed by atoms with E-state index < -0.39 is 10.0 Å². The molecule has 1 aliphatic heterocycles. The quantitative estimate of drug-likeness (QED) is 0.738. The van der Waals surface area contributed by atoms with Gasteiger partial charge in [-0.05, 0) is 62.5 Å². The molecule has 1 N–H and O–H groups in total. The summed E-state index contributed by atoms with van der Waals surface area (Å²) in [5.41, 5.74) is 0.564. The molecule has 130 valence electrons. The molecule has 0 radical (unpaired) electrons. The van der Waals surface area contributed by atoms with E-state index in [1.54, 1.807) is 18.2 Å². The van der Waals surface area contributed by atoms with Gasteiger partial charge in [0.05, 0.1) is 5.75 Å². The fraction of sp³-hybridized carbons (Fsp3) is 0.625. The Morgan fingerprint density at radius 3 is 2.61 bits per heavy atom. The lowest BCUT2D eigenvalue weighted by Gasteiger charge is -2.30. The molecule has 2 rings (SSSR count). The third-order valence-electron chi connectivity index (χ3n) is 4.21. The molecule has 1 aromatic rings. The van der Waals surface area contributed by atoms with E-state index >= 15 is 0 Å². The van der Waals surface area contributed by atoms with Gasteiger partial charge < -0.3 is 4.90 Å². The van der Waals surface area contributed by atoms with Gasteiger partial charge >= 0.3 is 0 Å². The van der Waals surface area contributed by atoms with Crippen molar-refractivity contribution in [2.75, 3.05) is 26.2 Å². The molecule has 4 nitrogen and oxygen atoms in total. The van der Waals surface area contributed by atoms with Crippen LogP contribution in [0.3, 0.4) is 0 Å². The third-order valence-corrected chi connectivity index (χ3v) is 6.13. The fourth-order valence-electron chi connectivity index (χ4n) is 2.71. The van der Waals surface area contributed by atoms with Crippen molar-refractivity contribution in [2.45, 2.75) is 31.9 Å². The Morgan fingerprint density at radius 1 is 1.26 bits per heavy atom. The van der Waals surface area contributed by atoms with Crippen LogP contribution in [-0.2, 0) is 15.8 Å². The fourth-order valence-corrected chi connectivity index (χ4v) is 4.48. The van der Waals surface area contributed by atoms with Gasteiger partial charge in [-0.2, -0.15) is 0 Å². The number of nitrogens with one attached hydrogen (secondary N) is 1. The zero-order valence-corrected chi connectivity index (χ0v) is 15.7. The number of sulfonamides is 1. The van der Waals surface area contributed by atoms with Gasteiger partial charge in [-0.25, -0.2) is 13.1 Å². The van der Waals surface area contributed by atoms with Gasteiger partial charge in [0, 0.05) is 16.6 Å². The van der Waals surface area contributed by atoms with Crippen LogP contribution in [0.1, 0.15) is 31.7 Å². The summed E-state index contributed by atoms with van der Waals surface area (Å²) in [5, 5.41) is 0.880. The van der Waals surface area contributed by atoms with Crippen molar-refractivity contribution < 1.29 is 8.42 Å². The molecular formula is C16H24Cl2N2O2S. The van der Waals surface area contributed by atoms with Crippen molar-refractivity contribution in [1.82, 2.24) is 9.62 Å². The second-order valence-electron chi connectivity index (χ2n) is 6.27. The minimum Gasteiger partial charge on any atom is -0.303 e. The van der Waals surface area contributed by atoms with Crippen LogP contribution >= 0.6 is 23.2 Å². The molecule has 23 heavy (non-hydrogen) atoms. The maximum absolute atomic E-state index is 12.1. The zero-order valence-electron chi connectivity index (χ0n) is 13.4. The van der Waals surface area contributed by atoms with Crippen molar-refractivity contribution in [2.24, 2.45) is 5.92 Å². The molecule has 0 aromatic heterocycles. The molecule has 0 unspecified atom stereocenters. The average molecular weight is 379 g/mol. The van der Waals surface area contributed by atoms with Crippen LogP contribution in [0.2, 0.25) is 10.0 Å². The standard InChI is InChI=1S/C16H24Cl2N2O2S/c1-13-5-9-20(10-6-13)8-2-7-19-23(21,22)12-14-3-4-15(17)11-16(14)18/h3-4,11,13,19H,2,5-10,12H2,1H3. The highest BCUT2D eigenvalue weighted by molar-refractivity contribution is 7.88. The summed E-state index contributed by atoms with van der Waals surface area (Å²) in [5.74, 6) is 0.693. The van der Waals surface area contributed by atoms with Gasteiger partial charge in [0.15, 0.2) is 0 Å². The lowest BCUT2D eigenvalue weighted by atomic mass is 9.99. The SMILES string of the molecule is CC1CCN(CCCNS(=O)(=O)Cc2ccc(Cl)cc2Cl)CC1. The Labute approximate surface area is 149 Å². The summed E-state index contributed by atoms with van der Waals surface area (Å²) >= 11 is 11.8. The number of rotatable bonds is 7. The molecule has 0 atom stereocenters. The van der Waals surface area contributed by atoms with Gasteiger partial charge in [0.2, 0.25) is 10.0 Å². The molecule has 1 heterocycles. The van der Waals surface area contributed by atoms with Gasteiger partial charge in [-0.15, -0.1) is 0 Å². The molecule has 1 aromatic carbocycles. The van der Waals surface area contributed by atoms with Crippen LogP contribution in [0.5, 0.6) is 0 Å². The van der Waals surface area contributed by atoms with Crippen LogP contribution in [0, 0.1) is 5.92 Å². The molecule has 0 bridgehead atoms. The predicted octanol–water partition coefficient (Wildman–Crippen LogP) is 3.53. The smallest absolute Gasteiger partial charge is 0.215 e. The lowest BCUT2D eigenvalue weighted by molar-refractivity contribution is 0.191. The topological polar surface area (TPSA) is 49.4 Å². The second-order valence-corrected chi connectivity index (χ2v) is 8.92. The highest BCUT2D eigenvalue weighted by Gasteiger charge is 2.16. The normalized spacial score (nSPS) is 17.5. The largest absolute Gasteiger partial charge is 0.303 e. The number of hydrogen-bond acceptors (Lipinski definition) is 3. The molecule has 0 spiro atoms. The number of nitrogens with zero attached hydrogens (tertiary/aromatic N) is 1. The minimum atomic E-state index is -3.38. The van der Waals surface area contributed by atoms with E-state index in [1.165, 1.54) is 12.8 Å². The van der Waals surface area contributed by atoms with E-state index in [0.29, 0.717) is 22.2 Å². The average Bonchev–Trinajstić information content (AvgIpc) is 2.48. The summed E-state index contributed by atoms with van der Waals surface area (Å²) in [6, 6.07) is 4.86. The highest BCUT2D eigenvalue weighted by Crippen LogP contribution is 2.22. The molecule has 1 fully saturated rings. The van der Waals surface area contributed by atoms with Crippen LogP contribution in [0.4, 0.5) is 0 Å². The van der Waals surface area contributed by atoms with Crippen molar-refractivity contribution in [1.29, 1.82) is 0 Å². The molecular weight excluding hydrogens is 355 g/mol. The first kappa shape index (κ1) is 19.0. The monoisotopic (exact) mass is 378 g/mol. The first-order chi connectivity index (χ1) is 10.9. The summed E-state index contributed by atoms with van der Waals surface area (Å²) in [7, 11) is -3.38. The van der Waals surface area contributed by atoms with Crippen molar-refractivity contribution in [3.63, 3.8) is 0 Å².